The lowest BCUT2D eigenvalue weighted by Gasteiger charge is -2.27. The number of hydrogen-bond donors (Lipinski definition) is 1. The molecule has 6 heteroatoms. The summed E-state index contributed by atoms with van der Waals surface area (Å²) < 4.78 is 0. The molecule has 0 aromatic heterocycles. The number of imide groups is 1. The van der Waals surface area contributed by atoms with E-state index in [1.807, 2.05) is 97.9 Å². The van der Waals surface area contributed by atoms with Crippen LogP contribution in [0.4, 0.5) is 4.79 Å². The molecule has 33 heavy (non-hydrogen) atoms. The Hall–Kier alpha value is -3.93. The number of carbonyl (C=O) groups excluding carboxylic acids is 3. The van der Waals surface area contributed by atoms with E-state index in [-0.39, 0.29) is 12.5 Å². The summed E-state index contributed by atoms with van der Waals surface area (Å²) in [6, 6.07) is 28.0. The quantitative estimate of drug-likeness (QED) is 0.536. The van der Waals surface area contributed by atoms with Gasteiger partial charge in [-0.15, -0.1) is 0 Å². The maximum atomic E-state index is 13.4. The summed E-state index contributed by atoms with van der Waals surface area (Å²) in [6.45, 7) is 2.32. The maximum Gasteiger partial charge on any atom is 0.325 e. The van der Waals surface area contributed by atoms with E-state index in [2.05, 4.69) is 5.32 Å². The molecule has 1 heterocycles. The molecule has 6 nitrogen and oxygen atoms in total. The largest absolute Gasteiger partial charge is 0.332 e. The van der Waals surface area contributed by atoms with Gasteiger partial charge >= 0.3 is 6.03 Å². The number of nitrogens with zero attached hydrogens (tertiary/aromatic N) is 2. The smallest absolute Gasteiger partial charge is 0.325 e. The number of nitrogens with one attached hydrogen (secondary N) is 1. The van der Waals surface area contributed by atoms with Gasteiger partial charge in [0.05, 0.1) is 0 Å². The first-order chi connectivity index (χ1) is 16.0. The summed E-state index contributed by atoms with van der Waals surface area (Å²) in [6.07, 6.45) is 0.393. The van der Waals surface area contributed by atoms with Crippen molar-refractivity contribution in [3.63, 3.8) is 0 Å². The van der Waals surface area contributed by atoms with E-state index in [0.29, 0.717) is 25.1 Å². The molecule has 3 aromatic rings. The molecule has 1 saturated heterocycles. The summed E-state index contributed by atoms with van der Waals surface area (Å²) >= 11 is 0. The molecule has 0 saturated carbocycles. The lowest BCUT2D eigenvalue weighted by molar-refractivity contribution is -0.140. The van der Waals surface area contributed by atoms with Gasteiger partial charge in [-0.2, -0.15) is 0 Å². The van der Waals surface area contributed by atoms with Gasteiger partial charge in [0.1, 0.15) is 12.1 Å². The molecule has 0 bridgehead atoms. The van der Waals surface area contributed by atoms with Gasteiger partial charge < -0.3 is 10.2 Å². The normalized spacial score (nSPS) is 17.7. The van der Waals surface area contributed by atoms with E-state index < -0.39 is 17.5 Å². The van der Waals surface area contributed by atoms with Crippen LogP contribution in [0.3, 0.4) is 0 Å². The van der Waals surface area contributed by atoms with E-state index >= 15 is 0 Å². The first kappa shape index (κ1) is 22.3. The van der Waals surface area contributed by atoms with Gasteiger partial charge in [-0.1, -0.05) is 97.9 Å². The highest BCUT2D eigenvalue weighted by molar-refractivity contribution is 6.09. The van der Waals surface area contributed by atoms with Crippen LogP contribution in [0.2, 0.25) is 0 Å². The van der Waals surface area contributed by atoms with Crippen molar-refractivity contribution >= 4 is 17.8 Å². The molecule has 1 aliphatic heterocycles. The molecular weight excluding hydrogens is 414 g/mol. The number of rotatable bonds is 8. The van der Waals surface area contributed by atoms with Gasteiger partial charge in [0.15, 0.2) is 0 Å². The highest BCUT2D eigenvalue weighted by atomic mass is 16.2. The number of urea groups is 1. The topological polar surface area (TPSA) is 69.7 Å². The third kappa shape index (κ3) is 4.65. The molecule has 168 valence electrons. The van der Waals surface area contributed by atoms with Crippen LogP contribution in [0.15, 0.2) is 91.0 Å². The predicted molar refractivity (Wildman–Crippen MR) is 126 cm³/mol. The summed E-state index contributed by atoms with van der Waals surface area (Å²) in [5.41, 5.74) is 1.52. The molecule has 0 spiro atoms. The molecule has 1 fully saturated rings. The Labute approximate surface area is 193 Å². The fourth-order valence-electron chi connectivity index (χ4n) is 4.21. The van der Waals surface area contributed by atoms with Crippen LogP contribution < -0.4 is 5.32 Å². The van der Waals surface area contributed by atoms with E-state index in [0.717, 1.165) is 16.0 Å². The van der Waals surface area contributed by atoms with E-state index in [9.17, 15) is 14.4 Å². The van der Waals surface area contributed by atoms with Crippen LogP contribution in [0.1, 0.15) is 30.0 Å². The highest BCUT2D eigenvalue weighted by Crippen LogP contribution is 2.32. The molecule has 0 aliphatic carbocycles. The molecule has 1 N–H and O–H groups in total. The predicted octanol–water partition coefficient (Wildman–Crippen LogP) is 4.07. The van der Waals surface area contributed by atoms with Gasteiger partial charge in [0, 0.05) is 13.1 Å². The first-order valence-electron chi connectivity index (χ1n) is 11.1. The molecule has 0 radical (unpaired) electrons. The summed E-state index contributed by atoms with van der Waals surface area (Å²) in [7, 11) is 0. The SMILES string of the molecule is CC[C@]1(c2ccccc2)NC(=O)N(CC(=O)N(Cc2ccccc2)Cc2ccccc2)C1=O. The van der Waals surface area contributed by atoms with E-state index in [1.54, 1.807) is 4.90 Å². The zero-order chi connectivity index (χ0) is 23.3. The second-order valence-corrected chi connectivity index (χ2v) is 8.17. The summed E-state index contributed by atoms with van der Waals surface area (Å²) in [4.78, 5) is 42.4. The monoisotopic (exact) mass is 441 g/mol. The van der Waals surface area contributed by atoms with Crippen molar-refractivity contribution in [3.05, 3.63) is 108 Å². The fraction of sp³-hybridized carbons (Fsp3) is 0.222. The van der Waals surface area contributed by atoms with Crippen LogP contribution in [0.25, 0.3) is 0 Å². The number of benzene rings is 3. The Morgan fingerprint density at radius 3 is 1.79 bits per heavy atom. The third-order valence-electron chi connectivity index (χ3n) is 6.05. The van der Waals surface area contributed by atoms with Crippen molar-refractivity contribution in [2.75, 3.05) is 6.54 Å². The van der Waals surface area contributed by atoms with Crippen LogP contribution in [0.5, 0.6) is 0 Å². The summed E-state index contributed by atoms with van der Waals surface area (Å²) in [5.74, 6) is -0.680. The lowest BCUT2D eigenvalue weighted by Crippen LogP contribution is -2.45. The van der Waals surface area contributed by atoms with Crippen molar-refractivity contribution in [1.29, 1.82) is 0 Å². The molecule has 3 aromatic carbocycles. The molecule has 0 unspecified atom stereocenters. The van der Waals surface area contributed by atoms with Crippen LogP contribution in [-0.2, 0) is 28.2 Å². The Morgan fingerprint density at radius 1 is 0.818 bits per heavy atom. The number of carbonyl (C=O) groups is 3. The zero-order valence-electron chi connectivity index (χ0n) is 18.6. The number of hydrogen-bond acceptors (Lipinski definition) is 3. The van der Waals surface area contributed by atoms with Crippen molar-refractivity contribution < 1.29 is 14.4 Å². The second-order valence-electron chi connectivity index (χ2n) is 8.17. The van der Waals surface area contributed by atoms with E-state index in [4.69, 9.17) is 0 Å². The minimum Gasteiger partial charge on any atom is -0.332 e. The van der Waals surface area contributed by atoms with Crippen molar-refractivity contribution in [2.45, 2.75) is 32.0 Å². The molecule has 1 atom stereocenters. The average Bonchev–Trinajstić information content (AvgIpc) is 3.10. The zero-order valence-corrected chi connectivity index (χ0v) is 18.6. The molecular formula is C27H27N3O3. The van der Waals surface area contributed by atoms with Gasteiger partial charge in [-0.25, -0.2) is 4.79 Å². The highest BCUT2D eigenvalue weighted by Gasteiger charge is 2.51. The summed E-state index contributed by atoms with van der Waals surface area (Å²) in [5, 5.41) is 2.84. The maximum absolute atomic E-state index is 13.4. The molecule has 4 amide bonds. The minimum absolute atomic E-state index is 0.286. The van der Waals surface area contributed by atoms with Gasteiger partial charge in [0.25, 0.3) is 5.91 Å². The second kappa shape index (κ2) is 9.69. The third-order valence-corrected chi connectivity index (χ3v) is 6.05. The Kier molecular flexibility index (Phi) is 6.54. The standard InChI is InChI=1S/C27H27N3O3/c1-2-27(23-16-10-5-11-17-23)25(32)30(26(33)28-27)20-24(31)29(18-21-12-6-3-7-13-21)19-22-14-8-4-9-15-22/h3-17H,2,18-20H2,1H3,(H,28,33)/t27-/m1/s1. The Morgan fingerprint density at radius 2 is 1.30 bits per heavy atom. The fourth-order valence-corrected chi connectivity index (χ4v) is 4.21. The van der Waals surface area contributed by atoms with Crippen molar-refractivity contribution in [2.24, 2.45) is 0 Å². The van der Waals surface area contributed by atoms with Crippen LogP contribution >= 0.6 is 0 Å². The molecule has 4 rings (SSSR count). The van der Waals surface area contributed by atoms with Gasteiger partial charge in [-0.05, 0) is 23.1 Å². The van der Waals surface area contributed by atoms with Crippen LogP contribution in [0, 0.1) is 0 Å². The van der Waals surface area contributed by atoms with Gasteiger partial charge in [-0.3, -0.25) is 14.5 Å². The first-order valence-corrected chi connectivity index (χ1v) is 11.1. The Balaban J connectivity index is 1.56. The lowest BCUT2D eigenvalue weighted by atomic mass is 9.87. The molecule has 1 aliphatic rings. The van der Waals surface area contributed by atoms with Crippen LogP contribution in [-0.4, -0.2) is 34.2 Å². The van der Waals surface area contributed by atoms with Crippen molar-refractivity contribution in [3.8, 4) is 0 Å². The average molecular weight is 442 g/mol. The van der Waals surface area contributed by atoms with Gasteiger partial charge in [0.2, 0.25) is 5.91 Å². The number of amides is 4. The minimum atomic E-state index is -1.15. The Bertz CT molecular complexity index is 1080. The van der Waals surface area contributed by atoms with E-state index in [1.165, 1.54) is 0 Å². The van der Waals surface area contributed by atoms with Crippen molar-refractivity contribution in [1.82, 2.24) is 15.1 Å².